The number of fused-ring (bicyclic) bond motifs is 1. The highest BCUT2D eigenvalue weighted by Crippen LogP contribution is 2.44. The summed E-state index contributed by atoms with van der Waals surface area (Å²) in [6.07, 6.45) is 0. The third kappa shape index (κ3) is 2.56. The molecule has 1 aliphatic heterocycles. The molecule has 1 heterocycles. The van der Waals surface area contributed by atoms with Gasteiger partial charge in [0.25, 0.3) is 0 Å². The Morgan fingerprint density at radius 3 is 2.32 bits per heavy atom. The van der Waals surface area contributed by atoms with Gasteiger partial charge in [-0.25, -0.2) is 0 Å². The molecule has 0 N–H and O–H groups in total. The van der Waals surface area contributed by atoms with Crippen molar-refractivity contribution in [3.05, 3.63) is 72.3 Å². The Morgan fingerprint density at radius 2 is 1.60 bits per heavy atom. The number of β-lactam (4-membered cyclic amide) rings is 1. The minimum Gasteiger partial charge on any atom is -0.378 e. The van der Waals surface area contributed by atoms with Crippen LogP contribution in [-0.4, -0.2) is 25.4 Å². The van der Waals surface area contributed by atoms with Crippen molar-refractivity contribution < 1.29 is 4.79 Å². The highest BCUT2D eigenvalue weighted by molar-refractivity contribution is 6.37. The van der Waals surface area contributed by atoms with Crippen LogP contribution < -0.4 is 9.80 Å². The van der Waals surface area contributed by atoms with Gasteiger partial charge in [0.2, 0.25) is 5.91 Å². The van der Waals surface area contributed by atoms with E-state index in [-0.39, 0.29) is 11.9 Å². The van der Waals surface area contributed by atoms with E-state index >= 15 is 0 Å². The van der Waals surface area contributed by atoms with Crippen LogP contribution in [0.4, 0.5) is 11.4 Å². The predicted octanol–water partition coefficient (Wildman–Crippen LogP) is 4.60. The summed E-state index contributed by atoms with van der Waals surface area (Å²) < 4.78 is 0. The molecule has 0 saturated carbocycles. The van der Waals surface area contributed by atoms with Gasteiger partial charge < -0.3 is 9.80 Å². The van der Waals surface area contributed by atoms with Gasteiger partial charge in [-0.3, -0.25) is 4.79 Å². The molecule has 3 aromatic carbocycles. The molecule has 2 atom stereocenters. The predicted molar refractivity (Wildman–Crippen MR) is 105 cm³/mol. The molecule has 126 valence electrons. The molecule has 3 aromatic rings. The maximum atomic E-state index is 12.6. The van der Waals surface area contributed by atoms with E-state index in [0.29, 0.717) is 0 Å². The van der Waals surface area contributed by atoms with E-state index < -0.39 is 5.38 Å². The van der Waals surface area contributed by atoms with Crippen molar-refractivity contribution in [3.8, 4) is 0 Å². The molecule has 0 spiro atoms. The highest BCUT2D eigenvalue weighted by atomic mass is 35.5. The Kier molecular flexibility index (Phi) is 3.89. The van der Waals surface area contributed by atoms with E-state index in [4.69, 9.17) is 11.6 Å². The Labute approximate surface area is 152 Å². The number of benzene rings is 3. The van der Waals surface area contributed by atoms with Crippen LogP contribution in [0.15, 0.2) is 66.7 Å². The third-order valence-corrected chi connectivity index (χ3v) is 5.23. The van der Waals surface area contributed by atoms with Crippen LogP contribution in [0.2, 0.25) is 0 Å². The van der Waals surface area contributed by atoms with Crippen LogP contribution in [0, 0.1) is 0 Å². The minimum absolute atomic E-state index is 0.0419. The number of carbonyl (C=O) groups is 1. The quantitative estimate of drug-likeness (QED) is 0.509. The van der Waals surface area contributed by atoms with Crippen molar-refractivity contribution in [2.45, 2.75) is 11.4 Å². The topological polar surface area (TPSA) is 23.6 Å². The molecule has 2 unspecified atom stereocenters. The summed E-state index contributed by atoms with van der Waals surface area (Å²) >= 11 is 6.40. The van der Waals surface area contributed by atoms with Crippen LogP contribution in [0.25, 0.3) is 10.8 Å². The normalized spacial score (nSPS) is 19.8. The van der Waals surface area contributed by atoms with Crippen molar-refractivity contribution in [2.24, 2.45) is 0 Å². The molecular weight excluding hydrogens is 332 g/mol. The molecule has 4 rings (SSSR count). The van der Waals surface area contributed by atoms with E-state index in [2.05, 4.69) is 41.3 Å². The molecule has 25 heavy (non-hydrogen) atoms. The fourth-order valence-corrected chi connectivity index (χ4v) is 3.79. The maximum Gasteiger partial charge on any atom is 0.248 e. The van der Waals surface area contributed by atoms with Crippen molar-refractivity contribution in [1.29, 1.82) is 0 Å². The van der Waals surface area contributed by atoms with Gasteiger partial charge in [-0.05, 0) is 29.1 Å². The van der Waals surface area contributed by atoms with E-state index in [1.165, 1.54) is 0 Å². The van der Waals surface area contributed by atoms with Crippen LogP contribution >= 0.6 is 11.6 Å². The number of hydrogen-bond acceptors (Lipinski definition) is 2. The smallest absolute Gasteiger partial charge is 0.248 e. The Hall–Kier alpha value is -2.52. The lowest BCUT2D eigenvalue weighted by molar-refractivity contribution is -0.123. The first-order chi connectivity index (χ1) is 12.1. The van der Waals surface area contributed by atoms with Crippen molar-refractivity contribution in [2.75, 3.05) is 23.9 Å². The van der Waals surface area contributed by atoms with Crippen molar-refractivity contribution in [3.63, 3.8) is 0 Å². The number of carbonyl (C=O) groups excluding carboxylic acids is 1. The Morgan fingerprint density at radius 1 is 0.920 bits per heavy atom. The summed E-state index contributed by atoms with van der Waals surface area (Å²) in [5, 5.41) is 1.66. The summed E-state index contributed by atoms with van der Waals surface area (Å²) in [5.74, 6) is -0.0419. The monoisotopic (exact) mass is 350 g/mol. The van der Waals surface area contributed by atoms with E-state index in [1.807, 2.05) is 49.3 Å². The fraction of sp³-hybridized carbons (Fsp3) is 0.190. The molecule has 4 heteroatoms. The average Bonchev–Trinajstić information content (AvgIpc) is 2.65. The Balaban J connectivity index is 1.76. The van der Waals surface area contributed by atoms with Crippen molar-refractivity contribution >= 4 is 39.7 Å². The number of rotatable bonds is 3. The zero-order chi connectivity index (χ0) is 17.6. The fourth-order valence-electron chi connectivity index (χ4n) is 3.43. The second-order valence-corrected chi connectivity index (χ2v) is 7.01. The zero-order valence-electron chi connectivity index (χ0n) is 14.2. The van der Waals surface area contributed by atoms with Crippen LogP contribution in [0.3, 0.4) is 0 Å². The van der Waals surface area contributed by atoms with Gasteiger partial charge in [-0.15, -0.1) is 11.6 Å². The first-order valence-corrected chi connectivity index (χ1v) is 8.74. The van der Waals surface area contributed by atoms with E-state index in [0.717, 1.165) is 27.7 Å². The average molecular weight is 351 g/mol. The maximum absolute atomic E-state index is 12.6. The number of nitrogens with zero attached hydrogens (tertiary/aromatic N) is 2. The largest absolute Gasteiger partial charge is 0.378 e. The lowest BCUT2D eigenvalue weighted by Crippen LogP contribution is -2.56. The molecule has 0 radical (unpaired) electrons. The second kappa shape index (κ2) is 6.08. The number of anilines is 2. The molecule has 1 saturated heterocycles. The minimum atomic E-state index is -0.524. The van der Waals surface area contributed by atoms with Gasteiger partial charge in [0, 0.05) is 25.2 Å². The van der Waals surface area contributed by atoms with Crippen molar-refractivity contribution in [1.82, 2.24) is 0 Å². The lowest BCUT2D eigenvalue weighted by Gasteiger charge is -2.45. The first-order valence-electron chi connectivity index (χ1n) is 8.30. The molecule has 0 aliphatic carbocycles. The van der Waals surface area contributed by atoms with Crippen LogP contribution in [-0.2, 0) is 4.79 Å². The van der Waals surface area contributed by atoms with Gasteiger partial charge >= 0.3 is 0 Å². The van der Waals surface area contributed by atoms with Gasteiger partial charge in [0.05, 0.1) is 11.7 Å². The number of alkyl halides is 1. The third-order valence-electron chi connectivity index (χ3n) is 4.81. The number of hydrogen-bond donors (Lipinski definition) is 0. The van der Waals surface area contributed by atoms with E-state index in [1.54, 1.807) is 0 Å². The SMILES string of the molecule is CN(C)c1ccc(C2C(Cl)C(=O)N2c2cccc3ccccc23)cc1. The van der Waals surface area contributed by atoms with Gasteiger partial charge in [-0.1, -0.05) is 48.5 Å². The first kappa shape index (κ1) is 16.0. The van der Waals surface area contributed by atoms with Gasteiger partial charge in [-0.2, -0.15) is 0 Å². The van der Waals surface area contributed by atoms with Crippen LogP contribution in [0.5, 0.6) is 0 Å². The molecule has 1 fully saturated rings. The van der Waals surface area contributed by atoms with E-state index in [9.17, 15) is 4.79 Å². The summed E-state index contributed by atoms with van der Waals surface area (Å²) in [6.45, 7) is 0. The molecule has 1 amide bonds. The van der Waals surface area contributed by atoms with Crippen LogP contribution in [0.1, 0.15) is 11.6 Å². The summed E-state index contributed by atoms with van der Waals surface area (Å²) in [7, 11) is 4.02. The Bertz CT molecular complexity index is 931. The number of halogens is 1. The summed E-state index contributed by atoms with van der Waals surface area (Å²) in [4.78, 5) is 16.4. The van der Waals surface area contributed by atoms with Gasteiger partial charge in [0.1, 0.15) is 5.38 Å². The standard InChI is InChI=1S/C21H19ClN2O/c1-23(2)16-12-10-15(11-13-16)20-19(22)21(25)24(20)18-9-5-7-14-6-3-4-8-17(14)18/h3-13,19-20H,1-2H3. The lowest BCUT2D eigenvalue weighted by atomic mass is 9.91. The number of amides is 1. The summed E-state index contributed by atoms with van der Waals surface area (Å²) in [6, 6.07) is 22.2. The van der Waals surface area contributed by atoms with Gasteiger partial charge in [0.15, 0.2) is 0 Å². The molecule has 0 bridgehead atoms. The molecule has 3 nitrogen and oxygen atoms in total. The zero-order valence-corrected chi connectivity index (χ0v) is 14.9. The highest BCUT2D eigenvalue weighted by Gasteiger charge is 2.48. The molecular formula is C21H19ClN2O. The molecule has 1 aliphatic rings. The second-order valence-electron chi connectivity index (χ2n) is 6.54. The molecule has 0 aromatic heterocycles. The summed E-state index contributed by atoms with van der Waals surface area (Å²) in [5.41, 5.74) is 3.09.